The van der Waals surface area contributed by atoms with Crippen LogP contribution in [0.25, 0.3) is 0 Å². The average molecular weight is 1120 g/mol. The summed E-state index contributed by atoms with van der Waals surface area (Å²) in [7, 11) is 1.63. The Bertz CT molecular complexity index is 1930. The van der Waals surface area contributed by atoms with Crippen molar-refractivity contribution in [3.8, 4) is 0 Å². The van der Waals surface area contributed by atoms with Gasteiger partial charge in [0.05, 0.1) is 54.9 Å². The minimum atomic E-state index is -2.43. The lowest BCUT2D eigenvalue weighted by Crippen LogP contribution is -2.60. The first-order chi connectivity index (χ1) is 37.2. The van der Waals surface area contributed by atoms with Gasteiger partial charge in [0, 0.05) is 81.9 Å². The van der Waals surface area contributed by atoms with Gasteiger partial charge in [-0.2, -0.15) is 0 Å². The van der Waals surface area contributed by atoms with Crippen LogP contribution in [0, 0.1) is 35.5 Å². The number of nitrogens with one attached hydrogen (secondary N) is 1. The van der Waals surface area contributed by atoms with Gasteiger partial charge in [-0.1, -0.05) is 110 Å². The predicted molar refractivity (Wildman–Crippen MR) is 308 cm³/mol. The highest BCUT2D eigenvalue weighted by molar-refractivity contribution is 5.88. The SMILES string of the molecule is CN=C(N)NCCC/C=C/CCC[C@H](C)[C@@H]1OC(=O)/C(C)=C/C=C/[C@H](C)[C@@H](O)C[C@H](O)[C@@H](C)[C@H](O)CC[C@H](C)[C@@H](O)C[C@@]2(O)O[C@@H](C[C@@H](OC(=O)CCCCC(C)C)C[C@H](O)C[C@@H](O)C[C@H](O)/C(C)=C/C=C/[C@H]1C)C[C@@H](O)[C@@H]2O. The van der Waals surface area contributed by atoms with Crippen molar-refractivity contribution >= 4 is 17.9 Å². The number of esters is 2. The fourth-order valence-corrected chi connectivity index (χ4v) is 10.2. The maximum absolute atomic E-state index is 13.7. The number of hydrogen-bond donors (Lipinski definition) is 12. The van der Waals surface area contributed by atoms with Crippen LogP contribution in [-0.2, 0) is 23.8 Å². The van der Waals surface area contributed by atoms with Crippen molar-refractivity contribution in [2.24, 2.45) is 46.2 Å². The molecule has 0 unspecified atom stereocenters. The van der Waals surface area contributed by atoms with Crippen LogP contribution < -0.4 is 11.1 Å². The van der Waals surface area contributed by atoms with Crippen LogP contribution in [0.2, 0.25) is 0 Å². The number of guanidine groups is 1. The molecule has 18 heteroatoms. The molecule has 18 nitrogen and oxygen atoms in total. The van der Waals surface area contributed by atoms with E-state index in [0.29, 0.717) is 29.4 Å². The molecule has 0 aliphatic carbocycles. The van der Waals surface area contributed by atoms with E-state index in [4.69, 9.17) is 19.9 Å². The van der Waals surface area contributed by atoms with E-state index in [2.05, 4.69) is 43.2 Å². The van der Waals surface area contributed by atoms with Crippen LogP contribution in [0.1, 0.15) is 178 Å². The Kier molecular flexibility index (Phi) is 34.0. The molecule has 0 aromatic rings. The molecule has 13 N–H and O–H groups in total. The van der Waals surface area contributed by atoms with Crippen molar-refractivity contribution < 1.29 is 74.9 Å². The van der Waals surface area contributed by atoms with Gasteiger partial charge in [0.25, 0.3) is 0 Å². The first-order valence-electron chi connectivity index (χ1n) is 29.4. The van der Waals surface area contributed by atoms with E-state index in [1.54, 1.807) is 72.0 Å². The van der Waals surface area contributed by atoms with E-state index in [1.165, 1.54) is 0 Å². The lowest BCUT2D eigenvalue weighted by atomic mass is 9.84. The molecule has 2 heterocycles. The van der Waals surface area contributed by atoms with Gasteiger partial charge in [0.1, 0.15) is 18.3 Å². The van der Waals surface area contributed by atoms with Crippen LogP contribution in [0.5, 0.6) is 0 Å². The van der Waals surface area contributed by atoms with Crippen molar-refractivity contribution in [3.05, 3.63) is 59.8 Å². The van der Waals surface area contributed by atoms with Gasteiger partial charge in [-0.25, -0.2) is 4.79 Å². The Balaban J connectivity index is 2.44. The lowest BCUT2D eigenvalue weighted by molar-refractivity contribution is -0.333. The summed E-state index contributed by atoms with van der Waals surface area (Å²) < 4.78 is 18.2. The van der Waals surface area contributed by atoms with Gasteiger partial charge in [-0.3, -0.25) is 9.79 Å². The molecular weight excluding hydrogens is 1010 g/mol. The topological polar surface area (TPSA) is 315 Å². The number of nitrogens with two attached hydrogens (primary N) is 1. The number of aliphatic hydroxyl groups excluding tert-OH is 9. The smallest absolute Gasteiger partial charge is 0.334 e. The molecule has 0 amide bonds. The normalized spacial score (nSPS) is 37.1. The third kappa shape index (κ3) is 27.9. The maximum Gasteiger partial charge on any atom is 0.334 e. The number of hydrogen-bond acceptors (Lipinski definition) is 16. The van der Waals surface area contributed by atoms with Crippen molar-refractivity contribution in [3.63, 3.8) is 0 Å². The molecule has 79 heavy (non-hydrogen) atoms. The summed E-state index contributed by atoms with van der Waals surface area (Å²) in [4.78, 5) is 30.8. The second-order valence-electron chi connectivity index (χ2n) is 23.6. The van der Waals surface area contributed by atoms with Gasteiger partial charge in [-0.05, 0) is 95.0 Å². The van der Waals surface area contributed by atoms with Crippen molar-refractivity contribution in [1.29, 1.82) is 0 Å². The molecule has 0 radical (unpaired) electrons. The third-order valence-corrected chi connectivity index (χ3v) is 15.9. The Morgan fingerprint density at radius 3 is 2.09 bits per heavy atom. The van der Waals surface area contributed by atoms with Gasteiger partial charge in [0.15, 0.2) is 11.7 Å². The van der Waals surface area contributed by atoms with E-state index >= 15 is 0 Å². The summed E-state index contributed by atoms with van der Waals surface area (Å²) in [6.45, 7) is 17.4. The number of allylic oxidation sites excluding steroid dienone is 6. The van der Waals surface area contributed by atoms with Gasteiger partial charge < -0.3 is 76.3 Å². The predicted octanol–water partition coefficient (Wildman–Crippen LogP) is 6.11. The highest BCUT2D eigenvalue weighted by Crippen LogP contribution is 2.36. The zero-order chi connectivity index (χ0) is 59.4. The summed E-state index contributed by atoms with van der Waals surface area (Å²) in [5, 5.41) is 115. The molecule has 2 aliphatic rings. The number of fused-ring (bicyclic) bond motifs is 2. The highest BCUT2D eigenvalue weighted by atomic mass is 16.7. The Morgan fingerprint density at radius 2 is 1.42 bits per heavy atom. The molecule has 456 valence electrons. The summed E-state index contributed by atoms with van der Waals surface area (Å²) >= 11 is 0. The Morgan fingerprint density at radius 1 is 0.772 bits per heavy atom. The van der Waals surface area contributed by atoms with Crippen LogP contribution in [0.4, 0.5) is 0 Å². The fourth-order valence-electron chi connectivity index (χ4n) is 10.2. The number of nitrogens with zero attached hydrogens (tertiary/aromatic N) is 1. The Hall–Kier alpha value is -3.53. The molecule has 2 bridgehead atoms. The first-order valence-corrected chi connectivity index (χ1v) is 29.4. The van der Waals surface area contributed by atoms with Crippen LogP contribution in [-0.4, -0.2) is 162 Å². The number of unbranched alkanes of at least 4 members (excludes halogenated alkanes) is 3. The first kappa shape index (κ1) is 71.6. The highest BCUT2D eigenvalue weighted by Gasteiger charge is 2.50. The van der Waals surface area contributed by atoms with E-state index in [0.717, 1.165) is 51.5 Å². The monoisotopic (exact) mass is 1120 g/mol. The minimum Gasteiger partial charge on any atom is -0.462 e. The van der Waals surface area contributed by atoms with E-state index in [1.807, 2.05) is 13.0 Å². The molecule has 1 saturated heterocycles. The second kappa shape index (κ2) is 37.5. The van der Waals surface area contributed by atoms with Crippen LogP contribution in [0.3, 0.4) is 0 Å². The zero-order valence-corrected chi connectivity index (χ0v) is 49.5. The largest absolute Gasteiger partial charge is 0.462 e. The number of aliphatic imine (C=N–C) groups is 1. The third-order valence-electron chi connectivity index (χ3n) is 15.9. The van der Waals surface area contributed by atoms with Gasteiger partial charge in [-0.15, -0.1) is 0 Å². The summed E-state index contributed by atoms with van der Waals surface area (Å²) in [5.74, 6) is -4.55. The minimum absolute atomic E-state index is 0.0388. The average Bonchev–Trinajstić information content (AvgIpc) is 3.38. The van der Waals surface area contributed by atoms with Crippen molar-refractivity contribution in [1.82, 2.24) is 5.32 Å². The summed E-state index contributed by atoms with van der Waals surface area (Å²) in [5.41, 5.74) is 6.59. The molecular formula is C61H107N3O15. The standard InChI is InChI=1S/C61H107N3O15/c1-38(2)21-16-17-27-56(73)77-48-32-46(65)31-47(66)33-51(68)39(3)23-19-25-43(7)57(42(6)22-15-13-11-12-14-18-30-64-60(62)63-10)78-59(75)44(8)26-20-24-40(4)52(69)36-53(70)45(9)50(67)29-28-41(5)55(72)37-61(76)58(74)54(71)35-49(34-48)79-61/h11-12,19-20,23-26,38,40-43,45-55,57-58,65-72,74,76H,13-18,21-22,27-37H2,1-10H3,(H3,62,63,64)/b12-11+,24-20+,25-19+,39-23+,44-26+/t40-,41-,42-,43+,45-,46+,47+,48-,49-,50+,51-,52-,53-,54+,55-,57-,58-,61+/m0/s1. The van der Waals surface area contributed by atoms with Crippen molar-refractivity contribution in [2.75, 3.05) is 13.6 Å². The van der Waals surface area contributed by atoms with E-state index in [9.17, 15) is 60.7 Å². The van der Waals surface area contributed by atoms with E-state index in [-0.39, 0.29) is 69.6 Å². The van der Waals surface area contributed by atoms with Gasteiger partial charge in [0.2, 0.25) is 0 Å². The second-order valence-corrected chi connectivity index (χ2v) is 23.6. The van der Waals surface area contributed by atoms with Crippen molar-refractivity contribution in [2.45, 2.75) is 257 Å². The molecule has 2 rings (SSSR count). The van der Waals surface area contributed by atoms with E-state index < -0.39 is 115 Å². The fraction of sp³-hybridized carbons (Fsp3) is 0.787. The molecule has 0 spiro atoms. The summed E-state index contributed by atoms with van der Waals surface area (Å²) in [6.07, 6.45) is 6.83. The molecule has 18 atom stereocenters. The Labute approximate surface area is 473 Å². The number of rotatable bonds is 15. The maximum atomic E-state index is 13.7. The quantitative estimate of drug-likeness (QED) is 0.0289. The molecule has 0 saturated carbocycles. The number of cyclic esters (lactones) is 1. The number of ether oxygens (including phenoxy) is 3. The molecule has 1 fully saturated rings. The zero-order valence-electron chi connectivity index (χ0n) is 49.5. The number of carbonyl (C=O) groups excluding carboxylic acids is 2. The molecule has 0 aromatic carbocycles. The number of carbonyl (C=O) groups is 2. The lowest BCUT2D eigenvalue weighted by Gasteiger charge is -2.45. The molecule has 0 aromatic heterocycles. The number of aliphatic hydroxyl groups is 10. The molecule has 2 aliphatic heterocycles. The van der Waals surface area contributed by atoms with Gasteiger partial charge >= 0.3 is 11.9 Å². The van der Waals surface area contributed by atoms with Crippen LogP contribution >= 0.6 is 0 Å². The van der Waals surface area contributed by atoms with Crippen LogP contribution in [0.15, 0.2) is 64.7 Å². The summed E-state index contributed by atoms with van der Waals surface area (Å²) in [6, 6.07) is 0.